The van der Waals surface area contributed by atoms with Gasteiger partial charge in [-0.1, -0.05) is 18.2 Å². The Balaban J connectivity index is 1.49. The summed E-state index contributed by atoms with van der Waals surface area (Å²) < 4.78 is 0. The van der Waals surface area contributed by atoms with Crippen LogP contribution < -0.4 is 10.6 Å². The number of fused-ring (bicyclic) bond motifs is 1. The monoisotopic (exact) mass is 430 g/mol. The highest BCUT2D eigenvalue weighted by Crippen LogP contribution is 2.38. The molecule has 0 spiro atoms. The molecule has 2 N–H and O–H groups in total. The summed E-state index contributed by atoms with van der Waals surface area (Å²) in [6.07, 6.45) is 6.53. The first-order chi connectivity index (χ1) is 15.6. The Morgan fingerprint density at radius 2 is 1.72 bits per heavy atom. The summed E-state index contributed by atoms with van der Waals surface area (Å²) in [5, 5.41) is 6.81. The summed E-state index contributed by atoms with van der Waals surface area (Å²) in [6, 6.07) is 13.1. The lowest BCUT2D eigenvalue weighted by molar-refractivity contribution is 0.323. The van der Waals surface area contributed by atoms with Crippen LogP contribution in [0.25, 0.3) is 5.57 Å². The number of aryl methyl sites for hydroxylation is 1. The number of nitrogens with one attached hydrogen (secondary N) is 2. The number of likely N-dealkylation sites (tertiary alicyclic amines) is 1. The van der Waals surface area contributed by atoms with E-state index in [-0.39, 0.29) is 6.04 Å². The number of guanidine groups is 1. The Kier molecular flexibility index (Phi) is 5.87. The molecule has 0 aliphatic carbocycles. The lowest BCUT2D eigenvalue weighted by Crippen LogP contribution is -2.46. The van der Waals surface area contributed by atoms with Crippen LogP contribution in [0.5, 0.6) is 0 Å². The van der Waals surface area contributed by atoms with E-state index in [9.17, 15) is 0 Å². The molecule has 2 aromatic rings. The molecular weight excluding hydrogens is 396 g/mol. The van der Waals surface area contributed by atoms with Crippen molar-refractivity contribution in [2.24, 2.45) is 16.8 Å². The fourth-order valence-electron chi connectivity index (χ4n) is 5.44. The van der Waals surface area contributed by atoms with Gasteiger partial charge in [0.2, 0.25) is 5.96 Å². The Morgan fingerprint density at radius 3 is 2.34 bits per heavy atom. The third kappa shape index (κ3) is 3.99. The van der Waals surface area contributed by atoms with Crippen LogP contribution in [0.1, 0.15) is 35.7 Å². The summed E-state index contributed by atoms with van der Waals surface area (Å²) in [4.78, 5) is 14.4. The lowest BCUT2D eigenvalue weighted by atomic mass is 9.92. The molecule has 3 atom stereocenters. The summed E-state index contributed by atoms with van der Waals surface area (Å²) in [6.45, 7) is 6.52. The molecule has 6 heteroatoms. The van der Waals surface area contributed by atoms with Gasteiger partial charge in [-0.3, -0.25) is 4.98 Å². The zero-order valence-electron chi connectivity index (χ0n) is 19.4. The van der Waals surface area contributed by atoms with Gasteiger partial charge in [-0.15, -0.1) is 0 Å². The highest BCUT2D eigenvalue weighted by atomic mass is 15.4. The molecule has 5 rings (SSSR count). The summed E-state index contributed by atoms with van der Waals surface area (Å²) in [5.74, 6) is 2.71. The molecule has 0 amide bonds. The first kappa shape index (κ1) is 21.0. The molecule has 2 saturated heterocycles. The van der Waals surface area contributed by atoms with E-state index < -0.39 is 0 Å². The Labute approximate surface area is 191 Å². The van der Waals surface area contributed by atoms with Gasteiger partial charge in [-0.25, -0.2) is 4.99 Å². The number of aliphatic imine (C=N–C) groups is 1. The number of aromatic nitrogens is 1. The molecule has 0 radical (unpaired) electrons. The Bertz CT molecular complexity index is 980. The minimum Gasteiger partial charge on any atom is -0.388 e. The third-order valence-corrected chi connectivity index (χ3v) is 7.38. The second-order valence-corrected chi connectivity index (χ2v) is 9.33. The average molecular weight is 431 g/mol. The summed E-state index contributed by atoms with van der Waals surface area (Å²) >= 11 is 0. The van der Waals surface area contributed by atoms with Gasteiger partial charge in [0.15, 0.2) is 0 Å². The van der Waals surface area contributed by atoms with Gasteiger partial charge in [0.1, 0.15) is 0 Å². The molecule has 0 saturated carbocycles. The fourth-order valence-corrected chi connectivity index (χ4v) is 5.44. The van der Waals surface area contributed by atoms with Crippen molar-refractivity contribution in [3.05, 3.63) is 65.6 Å². The van der Waals surface area contributed by atoms with Crippen LogP contribution in [0.15, 0.2) is 53.8 Å². The average Bonchev–Trinajstić information content (AvgIpc) is 3.18. The Morgan fingerprint density at radius 1 is 1.00 bits per heavy atom. The third-order valence-electron chi connectivity index (χ3n) is 7.38. The molecule has 6 nitrogen and oxygen atoms in total. The number of nitrogens with zero attached hydrogens (tertiary/aromatic N) is 4. The topological polar surface area (TPSA) is 55.8 Å². The zero-order chi connectivity index (χ0) is 22.1. The highest BCUT2D eigenvalue weighted by molar-refractivity contribution is 5.88. The fraction of sp³-hybridized carbons (Fsp3) is 0.462. The SMILES string of the molecule is CNc1ccc(C2C(c3ccc(C)nc3)=CN=C(N3CCC4CNCC4CC3)N2C)cc1. The molecule has 1 aromatic heterocycles. The molecule has 3 aliphatic heterocycles. The molecule has 168 valence electrons. The first-order valence-electron chi connectivity index (χ1n) is 11.8. The normalized spacial score (nSPS) is 25.7. The van der Waals surface area contributed by atoms with Crippen LogP contribution in [0.3, 0.4) is 0 Å². The number of hydrogen-bond donors (Lipinski definition) is 2. The van der Waals surface area contributed by atoms with Crippen molar-refractivity contribution in [2.45, 2.75) is 25.8 Å². The summed E-state index contributed by atoms with van der Waals surface area (Å²) in [5.41, 5.74) is 5.74. The molecule has 4 heterocycles. The minimum atomic E-state index is 0.0994. The quantitative estimate of drug-likeness (QED) is 0.777. The maximum absolute atomic E-state index is 5.01. The molecule has 32 heavy (non-hydrogen) atoms. The maximum atomic E-state index is 5.01. The maximum Gasteiger partial charge on any atom is 0.201 e. The Hall–Kier alpha value is -2.86. The van der Waals surface area contributed by atoms with Crippen molar-refractivity contribution in [3.8, 4) is 0 Å². The standard InChI is InChI=1S/C26H34N6/c1-18-4-5-22(16-29-18)24-17-30-26(32-12-10-20-14-28-15-21(20)11-13-32)31(3)25(24)19-6-8-23(27-2)9-7-19/h4-9,16-17,20-21,25,27-28H,10-15H2,1-3H3. The van der Waals surface area contributed by atoms with Crippen molar-refractivity contribution in [2.75, 3.05) is 45.6 Å². The van der Waals surface area contributed by atoms with Crippen LogP contribution in [0, 0.1) is 18.8 Å². The molecule has 1 aromatic carbocycles. The molecule has 2 fully saturated rings. The smallest absolute Gasteiger partial charge is 0.201 e. The van der Waals surface area contributed by atoms with E-state index in [0.717, 1.165) is 47.8 Å². The molecule has 3 aliphatic rings. The second kappa shape index (κ2) is 8.94. The van der Waals surface area contributed by atoms with Gasteiger partial charge in [0, 0.05) is 56.5 Å². The van der Waals surface area contributed by atoms with Gasteiger partial charge in [-0.2, -0.15) is 0 Å². The van der Waals surface area contributed by atoms with E-state index in [4.69, 9.17) is 4.99 Å². The van der Waals surface area contributed by atoms with Gasteiger partial charge >= 0.3 is 0 Å². The van der Waals surface area contributed by atoms with E-state index in [1.807, 2.05) is 20.2 Å². The van der Waals surface area contributed by atoms with Crippen molar-refractivity contribution < 1.29 is 0 Å². The van der Waals surface area contributed by atoms with E-state index in [1.54, 1.807) is 0 Å². The molecular formula is C26H34N6. The van der Waals surface area contributed by atoms with Crippen LogP contribution >= 0.6 is 0 Å². The number of pyridine rings is 1. The number of likely N-dealkylation sites (N-methyl/N-ethyl adjacent to an activating group) is 1. The first-order valence-corrected chi connectivity index (χ1v) is 11.8. The largest absolute Gasteiger partial charge is 0.388 e. The number of benzene rings is 1. The van der Waals surface area contributed by atoms with E-state index >= 15 is 0 Å². The minimum absolute atomic E-state index is 0.0994. The lowest BCUT2D eigenvalue weighted by Gasteiger charge is -2.40. The second-order valence-electron chi connectivity index (χ2n) is 9.33. The van der Waals surface area contributed by atoms with Crippen LogP contribution in [0.4, 0.5) is 5.69 Å². The molecule has 0 bridgehead atoms. The summed E-state index contributed by atoms with van der Waals surface area (Å²) in [7, 11) is 4.15. The predicted octanol–water partition coefficient (Wildman–Crippen LogP) is 3.75. The zero-order valence-corrected chi connectivity index (χ0v) is 19.4. The number of rotatable bonds is 3. The predicted molar refractivity (Wildman–Crippen MR) is 132 cm³/mol. The highest BCUT2D eigenvalue weighted by Gasteiger charge is 2.35. The number of hydrogen-bond acceptors (Lipinski definition) is 6. The van der Waals surface area contributed by atoms with Gasteiger partial charge in [0.05, 0.1) is 6.04 Å². The van der Waals surface area contributed by atoms with Crippen molar-refractivity contribution in [1.82, 2.24) is 20.1 Å². The van der Waals surface area contributed by atoms with Gasteiger partial charge < -0.3 is 20.4 Å². The van der Waals surface area contributed by atoms with Crippen molar-refractivity contribution >= 4 is 17.2 Å². The van der Waals surface area contributed by atoms with Crippen molar-refractivity contribution in [3.63, 3.8) is 0 Å². The van der Waals surface area contributed by atoms with E-state index in [0.29, 0.717) is 0 Å². The molecule has 3 unspecified atom stereocenters. The van der Waals surface area contributed by atoms with Crippen molar-refractivity contribution in [1.29, 1.82) is 0 Å². The van der Waals surface area contributed by atoms with E-state index in [1.165, 1.54) is 37.1 Å². The van der Waals surface area contributed by atoms with Crippen LogP contribution in [0.2, 0.25) is 0 Å². The van der Waals surface area contributed by atoms with Crippen LogP contribution in [-0.2, 0) is 0 Å². The number of anilines is 1. The van der Waals surface area contributed by atoms with Gasteiger partial charge in [0.25, 0.3) is 0 Å². The van der Waals surface area contributed by atoms with Crippen LogP contribution in [-0.4, -0.2) is 61.0 Å². The van der Waals surface area contributed by atoms with E-state index in [2.05, 4.69) is 75.1 Å². The van der Waals surface area contributed by atoms with Gasteiger partial charge in [-0.05, 0) is 74.0 Å².